The summed E-state index contributed by atoms with van der Waals surface area (Å²) in [6.07, 6.45) is 0.813. The number of nitrogens with zero attached hydrogens (tertiary/aromatic N) is 1. The summed E-state index contributed by atoms with van der Waals surface area (Å²) < 4.78 is 11.4. The molecule has 0 unspecified atom stereocenters. The summed E-state index contributed by atoms with van der Waals surface area (Å²) in [6.45, 7) is 3.67. The molecule has 0 aliphatic carbocycles. The van der Waals surface area contributed by atoms with Gasteiger partial charge in [-0.3, -0.25) is 4.90 Å². The number of rotatable bonds is 6. The Hall–Kier alpha value is -2.31. The molecule has 1 saturated heterocycles. The van der Waals surface area contributed by atoms with E-state index >= 15 is 0 Å². The molecule has 2 N–H and O–H groups in total. The minimum Gasteiger partial charge on any atom is -0.478 e. The molecule has 0 atom stereocenters. The summed E-state index contributed by atoms with van der Waals surface area (Å²) in [4.78, 5) is 14.0. The number of carbonyl (C=O) groups is 1. The minimum atomic E-state index is -1.19. The van der Waals surface area contributed by atoms with E-state index in [-0.39, 0.29) is 6.61 Å². The first-order valence-corrected chi connectivity index (χ1v) is 8.41. The first-order chi connectivity index (χ1) is 12.0. The maximum Gasteiger partial charge on any atom is 0.348 e. The van der Waals surface area contributed by atoms with Crippen LogP contribution in [0.2, 0.25) is 0 Å². The van der Waals surface area contributed by atoms with Gasteiger partial charge >= 0.3 is 5.97 Å². The van der Waals surface area contributed by atoms with Crippen molar-refractivity contribution in [3.05, 3.63) is 53.5 Å². The van der Waals surface area contributed by atoms with Crippen molar-refractivity contribution in [1.29, 1.82) is 0 Å². The third-order valence-electron chi connectivity index (χ3n) is 4.64. The Labute approximate surface area is 146 Å². The van der Waals surface area contributed by atoms with Crippen LogP contribution in [0.3, 0.4) is 0 Å². The predicted molar refractivity (Wildman–Crippen MR) is 91.3 cm³/mol. The number of benzene rings is 1. The molecule has 25 heavy (non-hydrogen) atoms. The van der Waals surface area contributed by atoms with E-state index in [9.17, 15) is 9.90 Å². The van der Waals surface area contributed by atoms with E-state index < -0.39 is 11.6 Å². The van der Waals surface area contributed by atoms with Crippen LogP contribution in [0, 0.1) is 6.92 Å². The fourth-order valence-corrected chi connectivity index (χ4v) is 3.08. The van der Waals surface area contributed by atoms with E-state index in [4.69, 9.17) is 14.3 Å². The number of likely N-dealkylation sites (tertiary alicyclic amines) is 1. The molecule has 0 radical (unpaired) electrons. The van der Waals surface area contributed by atoms with E-state index in [0.717, 1.165) is 11.3 Å². The Morgan fingerprint density at radius 1 is 1.16 bits per heavy atom. The lowest BCUT2D eigenvalue weighted by atomic mass is 9.91. The standard InChI is InChI=1S/C19H23NO5/c1-14-2-4-15(5-3-14)25-19(18(22)23)8-10-20(11-9-19)12-16-6-7-17(13-21)24-16/h2-7,21H,8-13H2,1H3,(H,22,23). The number of ether oxygens (including phenoxy) is 1. The van der Waals surface area contributed by atoms with Crippen molar-refractivity contribution < 1.29 is 24.2 Å². The molecule has 1 aromatic carbocycles. The Bertz CT molecular complexity index is 714. The van der Waals surface area contributed by atoms with Gasteiger partial charge in [0.25, 0.3) is 0 Å². The summed E-state index contributed by atoms with van der Waals surface area (Å²) >= 11 is 0. The zero-order valence-electron chi connectivity index (χ0n) is 14.3. The Morgan fingerprint density at radius 2 is 1.80 bits per heavy atom. The first kappa shape index (κ1) is 17.5. The lowest BCUT2D eigenvalue weighted by molar-refractivity contribution is -0.160. The van der Waals surface area contributed by atoms with Gasteiger partial charge in [-0.2, -0.15) is 0 Å². The molecule has 1 fully saturated rings. The molecule has 6 heteroatoms. The van der Waals surface area contributed by atoms with Crippen molar-refractivity contribution in [2.24, 2.45) is 0 Å². The average molecular weight is 345 g/mol. The smallest absolute Gasteiger partial charge is 0.348 e. The van der Waals surface area contributed by atoms with Gasteiger partial charge in [0, 0.05) is 25.9 Å². The lowest BCUT2D eigenvalue weighted by Gasteiger charge is -2.38. The van der Waals surface area contributed by atoms with Gasteiger partial charge in [0.05, 0.1) is 6.54 Å². The van der Waals surface area contributed by atoms with Gasteiger partial charge in [-0.05, 0) is 31.2 Å². The fraction of sp³-hybridized carbons (Fsp3) is 0.421. The number of carboxylic acid groups (broad SMARTS) is 1. The van der Waals surface area contributed by atoms with E-state index in [1.165, 1.54) is 0 Å². The van der Waals surface area contributed by atoms with Crippen LogP contribution >= 0.6 is 0 Å². The van der Waals surface area contributed by atoms with Gasteiger partial charge in [-0.25, -0.2) is 4.79 Å². The second-order valence-corrected chi connectivity index (χ2v) is 6.52. The zero-order chi connectivity index (χ0) is 17.9. The van der Waals surface area contributed by atoms with Crippen LogP contribution in [-0.4, -0.2) is 39.8 Å². The molecule has 2 heterocycles. The van der Waals surface area contributed by atoms with Gasteiger partial charge in [0.15, 0.2) is 0 Å². The molecule has 1 aliphatic heterocycles. The number of aliphatic hydroxyl groups is 1. The van der Waals surface area contributed by atoms with Crippen molar-refractivity contribution >= 4 is 5.97 Å². The van der Waals surface area contributed by atoms with Crippen LogP contribution in [0.1, 0.15) is 29.9 Å². The van der Waals surface area contributed by atoms with E-state index in [0.29, 0.717) is 44.0 Å². The number of hydrogen-bond acceptors (Lipinski definition) is 5. The van der Waals surface area contributed by atoms with Crippen LogP contribution < -0.4 is 4.74 Å². The highest BCUT2D eigenvalue weighted by atomic mass is 16.5. The summed E-state index contributed by atoms with van der Waals surface area (Å²) in [5.41, 5.74) is -0.0854. The molecule has 1 aliphatic rings. The topological polar surface area (TPSA) is 83.1 Å². The molecule has 0 amide bonds. The Kier molecular flexibility index (Phi) is 5.11. The van der Waals surface area contributed by atoms with Crippen LogP contribution in [0.25, 0.3) is 0 Å². The summed E-state index contributed by atoms with van der Waals surface area (Å²) in [5, 5.41) is 18.8. The monoisotopic (exact) mass is 345 g/mol. The molecule has 0 bridgehead atoms. The van der Waals surface area contributed by atoms with Gasteiger partial charge in [0.1, 0.15) is 23.9 Å². The third kappa shape index (κ3) is 4.03. The Balaban J connectivity index is 1.63. The first-order valence-electron chi connectivity index (χ1n) is 8.41. The molecule has 0 spiro atoms. The molecule has 0 saturated carbocycles. The SMILES string of the molecule is Cc1ccc(OC2(C(=O)O)CCN(Cc3ccc(CO)o3)CC2)cc1. The summed E-state index contributed by atoms with van der Waals surface area (Å²) in [7, 11) is 0. The second-order valence-electron chi connectivity index (χ2n) is 6.52. The van der Waals surface area contributed by atoms with Crippen molar-refractivity contribution in [1.82, 2.24) is 4.90 Å². The highest BCUT2D eigenvalue weighted by Crippen LogP contribution is 2.30. The molecule has 6 nitrogen and oxygen atoms in total. The van der Waals surface area contributed by atoms with E-state index in [1.807, 2.05) is 37.3 Å². The van der Waals surface area contributed by atoms with Crippen molar-refractivity contribution in [3.8, 4) is 5.75 Å². The average Bonchev–Trinajstić information content (AvgIpc) is 3.06. The Morgan fingerprint density at radius 3 is 2.36 bits per heavy atom. The number of hydrogen-bond donors (Lipinski definition) is 2. The van der Waals surface area contributed by atoms with Crippen molar-refractivity contribution in [2.45, 2.75) is 38.5 Å². The number of furan rings is 1. The normalized spacial score (nSPS) is 17.4. The van der Waals surface area contributed by atoms with Crippen molar-refractivity contribution in [2.75, 3.05) is 13.1 Å². The van der Waals surface area contributed by atoms with Gasteiger partial charge in [-0.1, -0.05) is 17.7 Å². The maximum atomic E-state index is 11.9. The molecule has 3 rings (SSSR count). The van der Waals surface area contributed by atoms with Gasteiger partial charge < -0.3 is 19.4 Å². The van der Waals surface area contributed by atoms with Crippen LogP contribution in [-0.2, 0) is 17.9 Å². The van der Waals surface area contributed by atoms with Crippen LogP contribution in [0.4, 0.5) is 0 Å². The molecule has 134 valence electrons. The van der Waals surface area contributed by atoms with Gasteiger partial charge in [-0.15, -0.1) is 0 Å². The van der Waals surface area contributed by atoms with Crippen LogP contribution in [0.15, 0.2) is 40.8 Å². The highest BCUT2D eigenvalue weighted by Gasteiger charge is 2.44. The third-order valence-corrected chi connectivity index (χ3v) is 4.64. The largest absolute Gasteiger partial charge is 0.478 e. The predicted octanol–water partition coefficient (Wildman–Crippen LogP) is 2.58. The highest BCUT2D eigenvalue weighted by molar-refractivity contribution is 5.78. The molecule has 2 aromatic rings. The molecular weight excluding hydrogens is 322 g/mol. The second kappa shape index (κ2) is 7.29. The molecule has 1 aromatic heterocycles. The number of piperidine rings is 1. The number of aliphatic hydroxyl groups excluding tert-OH is 1. The summed E-state index contributed by atoms with van der Waals surface area (Å²) in [5.74, 6) is 0.967. The molecular formula is C19H23NO5. The number of carboxylic acids is 1. The van der Waals surface area contributed by atoms with E-state index in [2.05, 4.69) is 4.90 Å². The maximum absolute atomic E-state index is 11.9. The van der Waals surface area contributed by atoms with Crippen molar-refractivity contribution in [3.63, 3.8) is 0 Å². The fourth-order valence-electron chi connectivity index (χ4n) is 3.08. The number of aryl methyl sites for hydroxylation is 1. The minimum absolute atomic E-state index is 0.119. The quantitative estimate of drug-likeness (QED) is 0.837. The lowest BCUT2D eigenvalue weighted by Crippen LogP contribution is -2.53. The summed E-state index contributed by atoms with van der Waals surface area (Å²) in [6, 6.07) is 11.0. The van der Waals surface area contributed by atoms with E-state index in [1.54, 1.807) is 6.07 Å². The van der Waals surface area contributed by atoms with Crippen LogP contribution in [0.5, 0.6) is 5.75 Å². The van der Waals surface area contributed by atoms with Gasteiger partial charge in [0.2, 0.25) is 5.60 Å². The zero-order valence-corrected chi connectivity index (χ0v) is 14.3. The number of aliphatic carboxylic acids is 1.